The van der Waals surface area contributed by atoms with Crippen LogP contribution in [-0.2, 0) is 11.2 Å². The van der Waals surface area contributed by atoms with Crippen molar-refractivity contribution in [2.24, 2.45) is 0 Å². The molecule has 4 nitrogen and oxygen atoms in total. The van der Waals surface area contributed by atoms with E-state index in [1.807, 2.05) is 12.1 Å². The molecule has 2 N–H and O–H groups in total. The van der Waals surface area contributed by atoms with Crippen LogP contribution in [0.3, 0.4) is 0 Å². The first-order valence-electron chi connectivity index (χ1n) is 5.97. The number of carboxylic acids is 1. The van der Waals surface area contributed by atoms with Gasteiger partial charge in [-0.15, -0.1) is 6.42 Å². The smallest absolute Gasteiger partial charge is 0.307 e. The second-order valence-corrected chi connectivity index (χ2v) is 4.34. The summed E-state index contributed by atoms with van der Waals surface area (Å²) in [5, 5.41) is 12.1. The third kappa shape index (κ3) is 3.02. The molecule has 94 valence electrons. The monoisotopic (exact) mass is 244 g/mol. The number of rotatable bonds is 3. The lowest BCUT2D eigenvalue weighted by Crippen LogP contribution is -2.43. The molecule has 0 saturated carbocycles. The summed E-state index contributed by atoms with van der Waals surface area (Å²) < 4.78 is 0. The summed E-state index contributed by atoms with van der Waals surface area (Å²) in [6.07, 6.45) is 5.43. The van der Waals surface area contributed by atoms with E-state index < -0.39 is 5.97 Å². The van der Waals surface area contributed by atoms with Gasteiger partial charge in [-0.05, 0) is 23.8 Å². The van der Waals surface area contributed by atoms with E-state index in [-0.39, 0.29) is 6.42 Å². The Balaban J connectivity index is 2.28. The van der Waals surface area contributed by atoms with Crippen LogP contribution in [-0.4, -0.2) is 37.3 Å². The molecule has 0 aliphatic carbocycles. The summed E-state index contributed by atoms with van der Waals surface area (Å²) in [6.45, 7) is 3.71. The average Bonchev–Trinajstić information content (AvgIpc) is 2.38. The Bertz CT molecular complexity index is 485. The molecule has 0 atom stereocenters. The van der Waals surface area contributed by atoms with Crippen LogP contribution in [0, 0.1) is 12.3 Å². The van der Waals surface area contributed by atoms with Gasteiger partial charge in [0.15, 0.2) is 0 Å². The zero-order valence-corrected chi connectivity index (χ0v) is 10.1. The normalized spacial score (nSPS) is 15.2. The molecule has 1 aliphatic heterocycles. The maximum absolute atomic E-state index is 10.8. The third-order valence-electron chi connectivity index (χ3n) is 2.98. The number of nitrogens with zero attached hydrogens (tertiary/aromatic N) is 1. The Morgan fingerprint density at radius 2 is 2.11 bits per heavy atom. The van der Waals surface area contributed by atoms with Crippen LogP contribution in [0.4, 0.5) is 5.69 Å². The number of piperazine rings is 1. The van der Waals surface area contributed by atoms with Gasteiger partial charge in [-0.1, -0.05) is 5.92 Å². The fourth-order valence-electron chi connectivity index (χ4n) is 2.14. The molecular formula is C14H16N2O2. The van der Waals surface area contributed by atoms with Crippen molar-refractivity contribution in [3.8, 4) is 12.3 Å². The number of carboxylic acid groups (broad SMARTS) is 1. The molecule has 0 amide bonds. The van der Waals surface area contributed by atoms with E-state index in [2.05, 4.69) is 16.1 Å². The summed E-state index contributed by atoms with van der Waals surface area (Å²) >= 11 is 0. The molecule has 18 heavy (non-hydrogen) atoms. The van der Waals surface area contributed by atoms with Crippen molar-refractivity contribution in [2.45, 2.75) is 6.42 Å². The lowest BCUT2D eigenvalue weighted by atomic mass is 10.1. The van der Waals surface area contributed by atoms with Gasteiger partial charge in [0.1, 0.15) is 0 Å². The van der Waals surface area contributed by atoms with Crippen molar-refractivity contribution in [3.05, 3.63) is 29.3 Å². The molecule has 1 aromatic rings. The van der Waals surface area contributed by atoms with Gasteiger partial charge in [-0.2, -0.15) is 0 Å². The van der Waals surface area contributed by atoms with Crippen LogP contribution in [0.15, 0.2) is 18.2 Å². The van der Waals surface area contributed by atoms with Crippen molar-refractivity contribution >= 4 is 11.7 Å². The van der Waals surface area contributed by atoms with Gasteiger partial charge in [0.05, 0.1) is 6.42 Å². The highest BCUT2D eigenvalue weighted by Gasteiger charge is 2.12. The van der Waals surface area contributed by atoms with Gasteiger partial charge in [0, 0.05) is 37.4 Å². The zero-order chi connectivity index (χ0) is 13.0. The lowest BCUT2D eigenvalue weighted by molar-refractivity contribution is -0.136. The number of terminal acetylenes is 1. The van der Waals surface area contributed by atoms with Crippen LogP contribution < -0.4 is 10.2 Å². The maximum Gasteiger partial charge on any atom is 0.307 e. The van der Waals surface area contributed by atoms with Crippen molar-refractivity contribution in [1.29, 1.82) is 0 Å². The fraction of sp³-hybridized carbons (Fsp3) is 0.357. The van der Waals surface area contributed by atoms with Gasteiger partial charge in [0.25, 0.3) is 0 Å². The Morgan fingerprint density at radius 3 is 2.72 bits per heavy atom. The average molecular weight is 244 g/mol. The van der Waals surface area contributed by atoms with E-state index in [4.69, 9.17) is 11.5 Å². The van der Waals surface area contributed by atoms with Gasteiger partial charge >= 0.3 is 5.97 Å². The Hall–Kier alpha value is -1.99. The quantitative estimate of drug-likeness (QED) is 0.769. The number of carbonyl (C=O) groups is 1. The van der Waals surface area contributed by atoms with E-state index in [0.29, 0.717) is 0 Å². The molecule has 0 aromatic heterocycles. The first kappa shape index (κ1) is 12.5. The fourth-order valence-corrected chi connectivity index (χ4v) is 2.14. The van der Waals surface area contributed by atoms with Crippen LogP contribution in [0.2, 0.25) is 0 Å². The second-order valence-electron chi connectivity index (χ2n) is 4.34. The number of anilines is 1. The largest absolute Gasteiger partial charge is 0.481 e. The molecule has 1 aliphatic rings. The van der Waals surface area contributed by atoms with Crippen molar-refractivity contribution in [1.82, 2.24) is 5.32 Å². The number of aliphatic carboxylic acids is 1. The van der Waals surface area contributed by atoms with E-state index in [9.17, 15) is 4.79 Å². The first-order valence-corrected chi connectivity index (χ1v) is 5.97. The highest BCUT2D eigenvalue weighted by molar-refractivity contribution is 5.71. The van der Waals surface area contributed by atoms with Crippen LogP contribution in [0.25, 0.3) is 0 Å². The molecular weight excluding hydrogens is 228 g/mol. The third-order valence-corrected chi connectivity index (χ3v) is 2.98. The van der Waals surface area contributed by atoms with Gasteiger partial charge in [0.2, 0.25) is 0 Å². The molecule has 1 heterocycles. The SMILES string of the molecule is C#Cc1cc(CC(=O)O)cc(N2CCNCC2)c1. The van der Waals surface area contributed by atoms with Crippen LogP contribution in [0.1, 0.15) is 11.1 Å². The van der Waals surface area contributed by atoms with Crippen molar-refractivity contribution in [3.63, 3.8) is 0 Å². The minimum atomic E-state index is -0.838. The molecule has 2 rings (SSSR count). The predicted molar refractivity (Wildman–Crippen MR) is 70.8 cm³/mol. The standard InChI is InChI=1S/C14H16N2O2/c1-2-11-7-12(10-14(17)18)9-13(8-11)16-5-3-15-4-6-16/h1,7-9,15H,3-6,10H2,(H,17,18). The Kier molecular flexibility index (Phi) is 3.85. The number of benzene rings is 1. The number of hydrogen-bond donors (Lipinski definition) is 2. The Labute approximate surface area is 107 Å². The van der Waals surface area contributed by atoms with Gasteiger partial charge < -0.3 is 15.3 Å². The van der Waals surface area contributed by atoms with Crippen molar-refractivity contribution < 1.29 is 9.90 Å². The van der Waals surface area contributed by atoms with Crippen molar-refractivity contribution in [2.75, 3.05) is 31.1 Å². The molecule has 1 fully saturated rings. The second kappa shape index (κ2) is 5.56. The van der Waals surface area contributed by atoms with E-state index in [1.165, 1.54) is 0 Å². The molecule has 0 radical (unpaired) electrons. The number of nitrogens with one attached hydrogen (secondary N) is 1. The maximum atomic E-state index is 10.8. The van der Waals surface area contributed by atoms with Crippen LogP contribution in [0.5, 0.6) is 0 Å². The van der Waals surface area contributed by atoms with Crippen LogP contribution >= 0.6 is 0 Å². The number of hydrogen-bond acceptors (Lipinski definition) is 3. The van der Waals surface area contributed by atoms with Gasteiger partial charge in [-0.3, -0.25) is 4.79 Å². The summed E-state index contributed by atoms with van der Waals surface area (Å²) in [6, 6.07) is 5.62. The summed E-state index contributed by atoms with van der Waals surface area (Å²) in [5.41, 5.74) is 2.51. The minimum Gasteiger partial charge on any atom is -0.481 e. The predicted octanol–water partition coefficient (Wildman–Crippen LogP) is 0.705. The molecule has 0 unspecified atom stereocenters. The highest BCUT2D eigenvalue weighted by Crippen LogP contribution is 2.20. The topological polar surface area (TPSA) is 52.6 Å². The summed E-state index contributed by atoms with van der Waals surface area (Å²) in [7, 11) is 0. The minimum absolute atomic E-state index is 0.00854. The summed E-state index contributed by atoms with van der Waals surface area (Å²) in [4.78, 5) is 13.0. The lowest BCUT2D eigenvalue weighted by Gasteiger charge is -2.30. The molecule has 4 heteroatoms. The zero-order valence-electron chi connectivity index (χ0n) is 10.1. The van der Waals surface area contributed by atoms with E-state index in [0.717, 1.165) is 43.0 Å². The molecule has 1 saturated heterocycles. The molecule has 0 spiro atoms. The van der Waals surface area contributed by atoms with Gasteiger partial charge in [-0.25, -0.2) is 0 Å². The van der Waals surface area contributed by atoms with E-state index >= 15 is 0 Å². The highest BCUT2D eigenvalue weighted by atomic mass is 16.4. The molecule has 0 bridgehead atoms. The molecule has 1 aromatic carbocycles. The van der Waals surface area contributed by atoms with E-state index in [1.54, 1.807) is 6.07 Å². The first-order chi connectivity index (χ1) is 8.69. The Morgan fingerprint density at radius 1 is 1.39 bits per heavy atom. The summed E-state index contributed by atoms with van der Waals surface area (Å²) in [5.74, 6) is 1.75.